The SMILES string of the molecule is COC(=O)C(CNCC1(CO)CCCCC1)NC(C)=O. The van der Waals surface area contributed by atoms with Crippen molar-refractivity contribution in [2.24, 2.45) is 5.41 Å². The molecule has 1 saturated carbocycles. The second kappa shape index (κ2) is 8.21. The van der Waals surface area contributed by atoms with Crippen molar-refractivity contribution < 1.29 is 19.4 Å². The molecule has 116 valence electrons. The summed E-state index contributed by atoms with van der Waals surface area (Å²) in [6.45, 7) is 2.49. The van der Waals surface area contributed by atoms with Crippen molar-refractivity contribution in [3.05, 3.63) is 0 Å². The van der Waals surface area contributed by atoms with Crippen molar-refractivity contribution in [3.8, 4) is 0 Å². The molecule has 20 heavy (non-hydrogen) atoms. The van der Waals surface area contributed by atoms with Gasteiger partial charge in [0.25, 0.3) is 0 Å². The quantitative estimate of drug-likeness (QED) is 0.582. The standard InChI is InChI=1S/C14H26N2O4/c1-11(18)16-12(13(19)20-2)8-15-9-14(10-17)6-4-3-5-7-14/h12,15,17H,3-10H2,1-2H3,(H,16,18). The van der Waals surface area contributed by atoms with Crippen LogP contribution < -0.4 is 10.6 Å². The summed E-state index contributed by atoms with van der Waals surface area (Å²) in [5, 5.41) is 15.4. The summed E-state index contributed by atoms with van der Waals surface area (Å²) in [7, 11) is 1.30. The van der Waals surface area contributed by atoms with Crippen LogP contribution in [0, 0.1) is 5.41 Å². The van der Waals surface area contributed by atoms with Gasteiger partial charge in [-0.15, -0.1) is 0 Å². The van der Waals surface area contributed by atoms with Gasteiger partial charge in [-0.2, -0.15) is 0 Å². The molecule has 0 heterocycles. The number of methoxy groups -OCH3 is 1. The van der Waals surface area contributed by atoms with Gasteiger partial charge in [-0.05, 0) is 12.8 Å². The van der Waals surface area contributed by atoms with Gasteiger partial charge < -0.3 is 20.5 Å². The van der Waals surface area contributed by atoms with Crippen molar-refractivity contribution in [1.82, 2.24) is 10.6 Å². The van der Waals surface area contributed by atoms with Gasteiger partial charge in [0.2, 0.25) is 5.91 Å². The Labute approximate surface area is 120 Å². The summed E-state index contributed by atoms with van der Waals surface area (Å²) >= 11 is 0. The predicted octanol–water partition coefficient (Wildman–Crippen LogP) is 0.196. The maximum Gasteiger partial charge on any atom is 0.329 e. The minimum absolute atomic E-state index is 0.0882. The van der Waals surface area contributed by atoms with E-state index in [1.165, 1.54) is 20.5 Å². The molecule has 1 fully saturated rings. The van der Waals surface area contributed by atoms with Crippen molar-refractivity contribution >= 4 is 11.9 Å². The highest BCUT2D eigenvalue weighted by Gasteiger charge is 2.31. The van der Waals surface area contributed by atoms with Crippen LogP contribution in [0.2, 0.25) is 0 Å². The number of carbonyl (C=O) groups is 2. The van der Waals surface area contributed by atoms with Gasteiger partial charge in [0, 0.05) is 32.0 Å². The number of carbonyl (C=O) groups excluding carboxylic acids is 2. The monoisotopic (exact) mass is 286 g/mol. The lowest BCUT2D eigenvalue weighted by Crippen LogP contribution is -2.49. The van der Waals surface area contributed by atoms with Crippen LogP contribution in [-0.4, -0.2) is 49.8 Å². The summed E-state index contributed by atoms with van der Waals surface area (Å²) in [6, 6.07) is -0.683. The van der Waals surface area contributed by atoms with Gasteiger partial charge in [-0.3, -0.25) is 4.79 Å². The molecular formula is C14H26N2O4. The first-order valence-electron chi connectivity index (χ1n) is 7.19. The molecule has 0 aliphatic heterocycles. The van der Waals surface area contributed by atoms with Gasteiger partial charge in [-0.1, -0.05) is 19.3 Å². The molecule has 6 nitrogen and oxygen atoms in total. The second-order valence-electron chi connectivity index (χ2n) is 5.63. The van der Waals surface area contributed by atoms with E-state index >= 15 is 0 Å². The Morgan fingerprint density at radius 3 is 2.45 bits per heavy atom. The highest BCUT2D eigenvalue weighted by Crippen LogP contribution is 2.35. The van der Waals surface area contributed by atoms with Crippen LogP contribution in [0.15, 0.2) is 0 Å². The molecule has 0 aromatic carbocycles. The molecule has 6 heteroatoms. The number of aliphatic hydroxyl groups is 1. The second-order valence-corrected chi connectivity index (χ2v) is 5.63. The molecule has 1 unspecified atom stereocenters. The largest absolute Gasteiger partial charge is 0.467 e. The van der Waals surface area contributed by atoms with Gasteiger partial charge in [0.1, 0.15) is 6.04 Å². The van der Waals surface area contributed by atoms with E-state index in [0.717, 1.165) is 25.7 Å². The molecular weight excluding hydrogens is 260 g/mol. The van der Waals surface area contributed by atoms with Crippen LogP contribution in [0.1, 0.15) is 39.0 Å². The topological polar surface area (TPSA) is 87.7 Å². The number of aliphatic hydroxyl groups excluding tert-OH is 1. The molecule has 1 amide bonds. The Morgan fingerprint density at radius 2 is 1.95 bits per heavy atom. The molecule has 0 spiro atoms. The molecule has 0 radical (unpaired) electrons. The van der Waals surface area contributed by atoms with Crippen molar-refractivity contribution in [3.63, 3.8) is 0 Å². The highest BCUT2D eigenvalue weighted by atomic mass is 16.5. The van der Waals surface area contributed by atoms with E-state index in [1.807, 2.05) is 0 Å². The molecule has 0 aromatic rings. The lowest BCUT2D eigenvalue weighted by Gasteiger charge is -2.36. The molecule has 1 rings (SSSR count). The summed E-state index contributed by atoms with van der Waals surface area (Å²) in [5.41, 5.74) is -0.0882. The van der Waals surface area contributed by atoms with Crippen LogP contribution in [0.25, 0.3) is 0 Å². The fraction of sp³-hybridized carbons (Fsp3) is 0.857. The number of nitrogens with one attached hydrogen (secondary N) is 2. The summed E-state index contributed by atoms with van der Waals surface area (Å²) in [5.74, 6) is -0.730. The zero-order valence-corrected chi connectivity index (χ0v) is 12.4. The first kappa shape index (κ1) is 16.9. The zero-order chi connectivity index (χ0) is 15.0. The first-order chi connectivity index (χ1) is 9.53. The molecule has 1 aliphatic carbocycles. The van der Waals surface area contributed by atoms with Crippen LogP contribution in [0.5, 0.6) is 0 Å². The number of esters is 1. The number of ether oxygens (including phenoxy) is 1. The average molecular weight is 286 g/mol. The average Bonchev–Trinajstić information content (AvgIpc) is 2.46. The lowest BCUT2D eigenvalue weighted by atomic mass is 9.74. The lowest BCUT2D eigenvalue weighted by molar-refractivity contribution is -0.144. The van der Waals surface area contributed by atoms with Crippen LogP contribution in [0.3, 0.4) is 0 Å². The van der Waals surface area contributed by atoms with Gasteiger partial charge in [-0.25, -0.2) is 4.79 Å². The van der Waals surface area contributed by atoms with E-state index in [1.54, 1.807) is 0 Å². The smallest absolute Gasteiger partial charge is 0.329 e. The summed E-state index contributed by atoms with van der Waals surface area (Å²) in [6.07, 6.45) is 5.49. The number of hydrogen-bond donors (Lipinski definition) is 3. The number of amides is 1. The van der Waals surface area contributed by atoms with E-state index in [4.69, 9.17) is 0 Å². The third kappa shape index (κ3) is 5.09. The normalized spacial score (nSPS) is 19.1. The Morgan fingerprint density at radius 1 is 1.30 bits per heavy atom. The number of rotatable bonds is 7. The predicted molar refractivity (Wildman–Crippen MR) is 75.1 cm³/mol. The fourth-order valence-corrected chi connectivity index (χ4v) is 2.76. The van der Waals surface area contributed by atoms with Crippen LogP contribution in [0.4, 0.5) is 0 Å². The summed E-state index contributed by atoms with van der Waals surface area (Å²) < 4.78 is 4.66. The van der Waals surface area contributed by atoms with Crippen LogP contribution >= 0.6 is 0 Å². The van der Waals surface area contributed by atoms with Crippen LogP contribution in [-0.2, 0) is 14.3 Å². The first-order valence-corrected chi connectivity index (χ1v) is 7.19. The highest BCUT2D eigenvalue weighted by molar-refractivity contribution is 5.83. The van der Waals surface area contributed by atoms with E-state index in [9.17, 15) is 14.7 Å². The Bertz CT molecular complexity index is 327. The minimum atomic E-state index is -0.683. The van der Waals surface area contributed by atoms with E-state index in [2.05, 4.69) is 15.4 Å². The van der Waals surface area contributed by atoms with Crippen molar-refractivity contribution in [1.29, 1.82) is 0 Å². The Kier molecular flexibility index (Phi) is 6.95. The Balaban J connectivity index is 2.45. The van der Waals surface area contributed by atoms with Gasteiger partial charge in [0.05, 0.1) is 7.11 Å². The van der Waals surface area contributed by atoms with Gasteiger partial charge in [0.15, 0.2) is 0 Å². The Hall–Kier alpha value is -1.14. The third-order valence-corrected chi connectivity index (χ3v) is 3.96. The minimum Gasteiger partial charge on any atom is -0.467 e. The molecule has 0 aromatic heterocycles. The van der Waals surface area contributed by atoms with Gasteiger partial charge >= 0.3 is 5.97 Å². The molecule has 0 saturated heterocycles. The molecule has 1 atom stereocenters. The van der Waals surface area contributed by atoms with Crippen molar-refractivity contribution in [2.45, 2.75) is 45.1 Å². The third-order valence-electron chi connectivity index (χ3n) is 3.96. The number of hydrogen-bond acceptors (Lipinski definition) is 5. The van der Waals surface area contributed by atoms with E-state index in [-0.39, 0.29) is 17.9 Å². The van der Waals surface area contributed by atoms with E-state index in [0.29, 0.717) is 13.1 Å². The van der Waals surface area contributed by atoms with Crippen molar-refractivity contribution in [2.75, 3.05) is 26.8 Å². The van der Waals surface area contributed by atoms with E-state index < -0.39 is 12.0 Å². The fourth-order valence-electron chi connectivity index (χ4n) is 2.76. The zero-order valence-electron chi connectivity index (χ0n) is 12.4. The molecule has 0 bridgehead atoms. The maximum absolute atomic E-state index is 11.6. The maximum atomic E-state index is 11.6. The molecule has 1 aliphatic rings. The summed E-state index contributed by atoms with van der Waals surface area (Å²) in [4.78, 5) is 22.6. The molecule has 3 N–H and O–H groups in total.